The van der Waals surface area contributed by atoms with Crippen LogP contribution < -0.4 is 0 Å². The Balaban J connectivity index is 1.46. The molecule has 0 N–H and O–H groups in total. The van der Waals surface area contributed by atoms with Crippen molar-refractivity contribution in [2.45, 2.75) is 58.4 Å². The number of nitrogens with zero attached hydrogens (tertiary/aromatic N) is 3. The van der Waals surface area contributed by atoms with Crippen LogP contribution in [0, 0.1) is 13.8 Å². The second-order valence-electron chi connectivity index (χ2n) is 9.12. The van der Waals surface area contributed by atoms with Crippen LogP contribution in [0.3, 0.4) is 0 Å². The molecule has 33 heavy (non-hydrogen) atoms. The second-order valence-corrected chi connectivity index (χ2v) is 11.4. The van der Waals surface area contributed by atoms with Crippen molar-refractivity contribution < 1.29 is 27.6 Å². The summed E-state index contributed by atoms with van der Waals surface area (Å²) in [7, 11) is -3.10. The molecular weight excluding hydrogens is 446 g/mol. The van der Waals surface area contributed by atoms with Crippen molar-refractivity contribution in [2.24, 2.45) is 0 Å². The first kappa shape index (κ1) is 23.4. The molecule has 0 aromatic carbocycles. The van der Waals surface area contributed by atoms with Crippen LogP contribution in [0.4, 0.5) is 4.79 Å². The smallest absolute Gasteiger partial charge is 0.334 e. The minimum Gasteiger partial charge on any atom is -0.344 e. The molecule has 10 heteroatoms. The van der Waals surface area contributed by atoms with Gasteiger partial charge in [-0.15, -0.1) is 0 Å². The highest BCUT2D eigenvalue weighted by Gasteiger charge is 2.45. The van der Waals surface area contributed by atoms with E-state index in [9.17, 15) is 27.6 Å². The van der Waals surface area contributed by atoms with E-state index in [1.54, 1.807) is 19.9 Å². The molecular formula is C23H29N3O6S. The standard InChI is InChI=1S/C23H29N3O6S/c1-15-12-19(16(2)26(15)18-9-11-33(31,32)14-18)20(27)13-25-22(29)21(28)24(23(25)30)10-8-17-6-4-3-5-7-17/h6,12,18H,3-5,7-11,13-14H2,1-2H3/t18-/m1/s1. The van der Waals surface area contributed by atoms with Gasteiger partial charge in [0.05, 0.1) is 18.1 Å². The number of hydrogen-bond acceptors (Lipinski definition) is 6. The Labute approximate surface area is 193 Å². The third-order valence-electron chi connectivity index (χ3n) is 6.84. The Hall–Kier alpha value is -2.75. The molecule has 2 fully saturated rings. The van der Waals surface area contributed by atoms with Gasteiger partial charge >= 0.3 is 17.8 Å². The summed E-state index contributed by atoms with van der Waals surface area (Å²) in [6.07, 6.45) is 7.29. The van der Waals surface area contributed by atoms with E-state index in [4.69, 9.17) is 0 Å². The molecule has 0 unspecified atom stereocenters. The first-order valence-corrected chi connectivity index (χ1v) is 13.2. The number of Topliss-reactive ketones (excluding diaryl/α,β-unsaturated/α-hetero) is 1. The van der Waals surface area contributed by atoms with Crippen molar-refractivity contribution in [2.75, 3.05) is 24.6 Å². The van der Waals surface area contributed by atoms with Gasteiger partial charge in [-0.05, 0) is 58.4 Å². The van der Waals surface area contributed by atoms with E-state index < -0.39 is 40.0 Å². The van der Waals surface area contributed by atoms with Crippen molar-refractivity contribution in [1.82, 2.24) is 14.4 Å². The summed E-state index contributed by atoms with van der Waals surface area (Å²) >= 11 is 0. The van der Waals surface area contributed by atoms with Gasteiger partial charge in [0.2, 0.25) is 0 Å². The molecule has 1 aromatic heterocycles. The van der Waals surface area contributed by atoms with Crippen LogP contribution in [0.15, 0.2) is 17.7 Å². The topological polar surface area (TPSA) is 114 Å². The molecule has 0 spiro atoms. The summed E-state index contributed by atoms with van der Waals surface area (Å²) in [6.45, 7) is 3.14. The van der Waals surface area contributed by atoms with Crippen LogP contribution in [0.1, 0.15) is 66.3 Å². The van der Waals surface area contributed by atoms with E-state index in [1.165, 1.54) is 5.57 Å². The maximum Gasteiger partial charge on any atom is 0.334 e. The highest BCUT2D eigenvalue weighted by atomic mass is 32.2. The van der Waals surface area contributed by atoms with Crippen molar-refractivity contribution in [3.05, 3.63) is 34.7 Å². The summed E-state index contributed by atoms with van der Waals surface area (Å²) in [6, 6.07) is 0.659. The number of carbonyl (C=O) groups excluding carboxylic acids is 4. The number of imide groups is 2. The lowest BCUT2D eigenvalue weighted by molar-refractivity contribution is -0.143. The number of urea groups is 1. The summed E-state index contributed by atoms with van der Waals surface area (Å²) < 4.78 is 25.6. The van der Waals surface area contributed by atoms with Gasteiger partial charge in [-0.25, -0.2) is 18.1 Å². The van der Waals surface area contributed by atoms with E-state index in [0.29, 0.717) is 29.0 Å². The number of aromatic nitrogens is 1. The Morgan fingerprint density at radius 3 is 2.45 bits per heavy atom. The fourth-order valence-corrected chi connectivity index (χ4v) is 6.80. The minimum atomic E-state index is -3.10. The number of amides is 4. The third-order valence-corrected chi connectivity index (χ3v) is 8.59. The van der Waals surface area contributed by atoms with Crippen LogP contribution in [0.5, 0.6) is 0 Å². The molecule has 2 saturated heterocycles. The molecule has 1 aliphatic carbocycles. The zero-order valence-corrected chi connectivity index (χ0v) is 19.8. The molecule has 2 aliphatic heterocycles. The zero-order chi connectivity index (χ0) is 23.9. The Morgan fingerprint density at radius 2 is 1.82 bits per heavy atom. The van der Waals surface area contributed by atoms with Crippen molar-refractivity contribution in [3.8, 4) is 0 Å². The number of carbonyl (C=O) groups is 4. The summed E-state index contributed by atoms with van der Waals surface area (Å²) in [5, 5.41) is 0. The lowest BCUT2D eigenvalue weighted by Crippen LogP contribution is -2.37. The first-order valence-electron chi connectivity index (χ1n) is 11.4. The van der Waals surface area contributed by atoms with E-state index in [1.807, 2.05) is 4.57 Å². The second kappa shape index (κ2) is 8.89. The van der Waals surface area contributed by atoms with Crippen LogP contribution in [0.2, 0.25) is 0 Å². The average Bonchev–Trinajstić information content (AvgIpc) is 3.34. The number of ketones is 1. The highest BCUT2D eigenvalue weighted by molar-refractivity contribution is 7.91. The van der Waals surface area contributed by atoms with Crippen molar-refractivity contribution >= 4 is 33.5 Å². The van der Waals surface area contributed by atoms with Crippen LogP contribution in [0.25, 0.3) is 0 Å². The number of sulfone groups is 1. The SMILES string of the molecule is Cc1cc(C(=O)CN2C(=O)C(=O)N(CCC3=CCCCC3)C2=O)c(C)n1[C@@H]1CCS(=O)(=O)C1. The summed E-state index contributed by atoms with van der Waals surface area (Å²) in [4.78, 5) is 52.3. The number of allylic oxidation sites excluding steroid dienone is 1. The maximum atomic E-state index is 13.0. The Morgan fingerprint density at radius 1 is 1.09 bits per heavy atom. The molecule has 4 rings (SSSR count). The van der Waals surface area contributed by atoms with Gasteiger partial charge in [0, 0.05) is 29.5 Å². The fraction of sp³-hybridized carbons (Fsp3) is 0.565. The molecule has 4 amide bonds. The molecule has 3 aliphatic rings. The van der Waals surface area contributed by atoms with Gasteiger partial charge in [-0.1, -0.05) is 11.6 Å². The van der Waals surface area contributed by atoms with Gasteiger partial charge < -0.3 is 4.57 Å². The maximum absolute atomic E-state index is 13.0. The van der Waals surface area contributed by atoms with Gasteiger partial charge in [-0.2, -0.15) is 0 Å². The monoisotopic (exact) mass is 475 g/mol. The largest absolute Gasteiger partial charge is 0.344 e. The molecule has 1 atom stereocenters. The molecule has 0 saturated carbocycles. The van der Waals surface area contributed by atoms with E-state index in [0.717, 1.165) is 36.3 Å². The van der Waals surface area contributed by atoms with Crippen molar-refractivity contribution in [1.29, 1.82) is 0 Å². The number of aryl methyl sites for hydroxylation is 1. The molecule has 0 radical (unpaired) electrons. The zero-order valence-electron chi connectivity index (χ0n) is 19.0. The number of rotatable bonds is 7. The van der Waals surface area contributed by atoms with E-state index in [-0.39, 0.29) is 24.1 Å². The number of hydrogen-bond donors (Lipinski definition) is 0. The minimum absolute atomic E-state index is 0.0278. The van der Waals surface area contributed by atoms with Crippen LogP contribution in [-0.2, 0) is 19.4 Å². The lowest BCUT2D eigenvalue weighted by Gasteiger charge is -2.18. The molecule has 178 valence electrons. The molecule has 0 bridgehead atoms. The molecule has 1 aromatic rings. The van der Waals surface area contributed by atoms with Gasteiger partial charge in [-0.3, -0.25) is 19.3 Å². The highest BCUT2D eigenvalue weighted by Crippen LogP contribution is 2.29. The average molecular weight is 476 g/mol. The quantitative estimate of drug-likeness (QED) is 0.259. The van der Waals surface area contributed by atoms with Gasteiger partial charge in [0.1, 0.15) is 0 Å². The lowest BCUT2D eigenvalue weighted by atomic mass is 9.97. The molecule has 9 nitrogen and oxygen atoms in total. The summed E-state index contributed by atoms with van der Waals surface area (Å²) in [5.41, 5.74) is 2.86. The van der Waals surface area contributed by atoms with E-state index >= 15 is 0 Å². The Bertz CT molecular complexity index is 1160. The normalized spacial score (nSPS) is 22.9. The third kappa shape index (κ3) is 4.53. The van der Waals surface area contributed by atoms with Gasteiger partial charge in [0.25, 0.3) is 0 Å². The fourth-order valence-electron chi connectivity index (χ4n) is 5.10. The predicted octanol–water partition coefficient (Wildman–Crippen LogP) is 2.33. The van der Waals surface area contributed by atoms with Crippen molar-refractivity contribution in [3.63, 3.8) is 0 Å². The Kier molecular flexibility index (Phi) is 6.30. The van der Waals surface area contributed by atoms with Crippen LogP contribution >= 0.6 is 0 Å². The van der Waals surface area contributed by atoms with E-state index in [2.05, 4.69) is 6.08 Å². The predicted molar refractivity (Wildman–Crippen MR) is 121 cm³/mol. The summed E-state index contributed by atoms with van der Waals surface area (Å²) in [5.74, 6) is -2.20. The van der Waals surface area contributed by atoms with Crippen LogP contribution in [-0.4, -0.2) is 71.0 Å². The molecule has 3 heterocycles. The van der Waals surface area contributed by atoms with Gasteiger partial charge in [0.15, 0.2) is 15.6 Å². The first-order chi connectivity index (χ1) is 15.6.